The van der Waals surface area contributed by atoms with Gasteiger partial charge >= 0.3 is 0 Å². The quantitative estimate of drug-likeness (QED) is 0.592. The minimum Gasteiger partial charge on any atom is -0.381 e. The third-order valence-corrected chi connectivity index (χ3v) is 5.30. The normalized spacial score (nSPS) is 16.2. The molecule has 1 aliphatic rings. The van der Waals surface area contributed by atoms with Crippen molar-refractivity contribution in [2.24, 2.45) is 0 Å². The van der Waals surface area contributed by atoms with Gasteiger partial charge in [-0.1, -0.05) is 35.3 Å². The largest absolute Gasteiger partial charge is 0.381 e. The Hall–Kier alpha value is -1.40. The van der Waals surface area contributed by atoms with Crippen LogP contribution in [0.25, 0.3) is 0 Å². The Bertz CT molecular complexity index is 733. The summed E-state index contributed by atoms with van der Waals surface area (Å²) in [6.07, 6.45) is 3.50. The lowest BCUT2D eigenvalue weighted by Crippen LogP contribution is -2.45. The van der Waals surface area contributed by atoms with Crippen molar-refractivity contribution in [3.05, 3.63) is 58.3 Å². The van der Waals surface area contributed by atoms with Crippen LogP contribution in [0.15, 0.2) is 42.6 Å². The first-order chi connectivity index (χ1) is 12.1. The molecule has 7 heteroatoms. The van der Waals surface area contributed by atoms with E-state index in [0.29, 0.717) is 22.5 Å². The van der Waals surface area contributed by atoms with E-state index < -0.39 is 0 Å². The molecule has 4 nitrogen and oxygen atoms in total. The third kappa shape index (κ3) is 4.61. The van der Waals surface area contributed by atoms with Gasteiger partial charge in [-0.3, -0.25) is 0 Å². The Morgan fingerprint density at radius 3 is 2.56 bits per heavy atom. The SMILES string of the molecule is S=C(NCC1(c2ccc(Cl)cc2)CCOCC1)Nc1cccnc1Cl. The van der Waals surface area contributed by atoms with Gasteiger partial charge in [-0.25, -0.2) is 4.98 Å². The molecule has 0 saturated carbocycles. The zero-order chi connectivity index (χ0) is 17.7. The van der Waals surface area contributed by atoms with E-state index in [2.05, 4.69) is 27.8 Å². The number of rotatable bonds is 4. The predicted molar refractivity (Wildman–Crippen MR) is 107 cm³/mol. The van der Waals surface area contributed by atoms with Gasteiger partial charge in [0, 0.05) is 36.4 Å². The Kier molecular flexibility index (Phi) is 6.12. The van der Waals surface area contributed by atoms with Crippen LogP contribution in [0, 0.1) is 0 Å². The summed E-state index contributed by atoms with van der Waals surface area (Å²) in [5.74, 6) is 0. The van der Waals surface area contributed by atoms with E-state index in [1.165, 1.54) is 5.56 Å². The fourth-order valence-electron chi connectivity index (χ4n) is 3.03. The highest BCUT2D eigenvalue weighted by atomic mass is 35.5. The van der Waals surface area contributed by atoms with E-state index in [1.807, 2.05) is 24.3 Å². The molecule has 0 spiro atoms. The molecule has 1 aliphatic heterocycles. The van der Waals surface area contributed by atoms with Gasteiger partial charge in [0.05, 0.1) is 5.69 Å². The molecule has 0 atom stereocenters. The number of pyridine rings is 1. The van der Waals surface area contributed by atoms with E-state index in [9.17, 15) is 0 Å². The minimum atomic E-state index is -0.0344. The zero-order valence-corrected chi connectivity index (χ0v) is 15.9. The van der Waals surface area contributed by atoms with Crippen LogP contribution in [-0.4, -0.2) is 29.9 Å². The average Bonchev–Trinajstić information content (AvgIpc) is 2.63. The number of hydrogen-bond donors (Lipinski definition) is 2. The van der Waals surface area contributed by atoms with Gasteiger partial charge in [-0.05, 0) is 54.9 Å². The van der Waals surface area contributed by atoms with E-state index in [-0.39, 0.29) is 5.41 Å². The molecule has 2 heterocycles. The van der Waals surface area contributed by atoms with Crippen LogP contribution in [0.3, 0.4) is 0 Å². The molecule has 3 rings (SSSR count). The summed E-state index contributed by atoms with van der Waals surface area (Å²) >= 11 is 17.5. The number of thiocarbonyl (C=S) groups is 1. The summed E-state index contributed by atoms with van der Waals surface area (Å²) in [6, 6.07) is 11.7. The molecule has 0 radical (unpaired) electrons. The molecule has 1 fully saturated rings. The number of halogens is 2. The van der Waals surface area contributed by atoms with Crippen LogP contribution in [0.1, 0.15) is 18.4 Å². The fraction of sp³-hybridized carbons (Fsp3) is 0.333. The molecule has 132 valence electrons. The summed E-state index contributed by atoms with van der Waals surface area (Å²) in [6.45, 7) is 2.18. The average molecular weight is 396 g/mol. The highest BCUT2D eigenvalue weighted by molar-refractivity contribution is 7.80. The van der Waals surface area contributed by atoms with Crippen molar-refractivity contribution in [1.29, 1.82) is 0 Å². The number of benzene rings is 1. The van der Waals surface area contributed by atoms with Gasteiger partial charge in [0.2, 0.25) is 0 Å². The fourth-order valence-corrected chi connectivity index (χ4v) is 3.50. The summed E-state index contributed by atoms with van der Waals surface area (Å²) in [7, 11) is 0. The van der Waals surface area contributed by atoms with Crippen LogP contribution in [0.5, 0.6) is 0 Å². The molecule has 25 heavy (non-hydrogen) atoms. The van der Waals surface area contributed by atoms with Crippen LogP contribution >= 0.6 is 35.4 Å². The van der Waals surface area contributed by atoms with Crippen molar-refractivity contribution in [3.63, 3.8) is 0 Å². The van der Waals surface area contributed by atoms with Crippen LogP contribution < -0.4 is 10.6 Å². The van der Waals surface area contributed by atoms with Crippen LogP contribution in [-0.2, 0) is 10.2 Å². The molecule has 2 N–H and O–H groups in total. The van der Waals surface area contributed by atoms with E-state index in [0.717, 1.165) is 31.1 Å². The van der Waals surface area contributed by atoms with Gasteiger partial charge in [-0.15, -0.1) is 0 Å². The van der Waals surface area contributed by atoms with E-state index in [4.69, 9.17) is 40.2 Å². The Balaban J connectivity index is 1.70. The molecular formula is C18H19Cl2N3OS. The summed E-state index contributed by atoms with van der Waals surface area (Å²) in [5, 5.41) is 8.08. The van der Waals surface area contributed by atoms with Crippen LogP contribution in [0.4, 0.5) is 5.69 Å². The lowest BCUT2D eigenvalue weighted by atomic mass is 9.74. The maximum absolute atomic E-state index is 6.07. The van der Waals surface area contributed by atoms with Crippen molar-refractivity contribution >= 4 is 46.2 Å². The first-order valence-corrected chi connectivity index (χ1v) is 9.25. The van der Waals surface area contributed by atoms with Gasteiger partial charge in [0.1, 0.15) is 0 Å². The zero-order valence-electron chi connectivity index (χ0n) is 13.6. The maximum Gasteiger partial charge on any atom is 0.170 e. The second kappa shape index (κ2) is 8.32. The topological polar surface area (TPSA) is 46.2 Å². The third-order valence-electron chi connectivity index (χ3n) is 4.50. The molecule has 1 aromatic carbocycles. The van der Waals surface area contributed by atoms with Gasteiger partial charge < -0.3 is 15.4 Å². The summed E-state index contributed by atoms with van der Waals surface area (Å²) in [4.78, 5) is 4.04. The smallest absolute Gasteiger partial charge is 0.170 e. The lowest BCUT2D eigenvalue weighted by Gasteiger charge is -2.38. The summed E-state index contributed by atoms with van der Waals surface area (Å²) in [5.41, 5.74) is 1.90. The lowest BCUT2D eigenvalue weighted by molar-refractivity contribution is 0.0515. The predicted octanol–water partition coefficient (Wildman–Crippen LogP) is 4.42. The number of ether oxygens (including phenoxy) is 1. The first-order valence-electron chi connectivity index (χ1n) is 8.08. The van der Waals surface area contributed by atoms with Crippen molar-refractivity contribution < 1.29 is 4.74 Å². The molecule has 0 unspecified atom stereocenters. The van der Waals surface area contributed by atoms with Crippen LogP contribution in [0.2, 0.25) is 10.2 Å². The number of nitrogens with zero attached hydrogens (tertiary/aromatic N) is 1. The maximum atomic E-state index is 6.07. The van der Waals surface area contributed by atoms with Crippen molar-refractivity contribution in [2.75, 3.05) is 25.1 Å². The van der Waals surface area contributed by atoms with Gasteiger partial charge in [-0.2, -0.15) is 0 Å². The molecule has 0 aliphatic carbocycles. The Morgan fingerprint density at radius 1 is 1.16 bits per heavy atom. The van der Waals surface area contributed by atoms with Crippen molar-refractivity contribution in [3.8, 4) is 0 Å². The monoisotopic (exact) mass is 395 g/mol. The molecular weight excluding hydrogens is 377 g/mol. The van der Waals surface area contributed by atoms with Gasteiger partial charge in [0.15, 0.2) is 10.3 Å². The number of aromatic nitrogens is 1. The summed E-state index contributed by atoms with van der Waals surface area (Å²) < 4.78 is 5.56. The Labute approximate surface area is 162 Å². The molecule has 1 saturated heterocycles. The molecule has 1 aromatic heterocycles. The van der Waals surface area contributed by atoms with E-state index >= 15 is 0 Å². The van der Waals surface area contributed by atoms with Crippen molar-refractivity contribution in [2.45, 2.75) is 18.3 Å². The standard InChI is InChI=1S/C18H19Cl2N3OS/c19-14-5-3-13(4-6-14)18(7-10-24-11-8-18)12-22-17(25)23-15-2-1-9-21-16(15)20/h1-6,9H,7-8,10-12H2,(H2,22,23,25). The Morgan fingerprint density at radius 2 is 1.88 bits per heavy atom. The second-order valence-electron chi connectivity index (χ2n) is 6.05. The highest BCUT2D eigenvalue weighted by Crippen LogP contribution is 2.35. The first kappa shape index (κ1) is 18.4. The molecule has 0 bridgehead atoms. The second-order valence-corrected chi connectivity index (χ2v) is 7.25. The number of hydrogen-bond acceptors (Lipinski definition) is 3. The minimum absolute atomic E-state index is 0.0344. The number of anilines is 1. The highest BCUT2D eigenvalue weighted by Gasteiger charge is 2.34. The number of nitrogens with one attached hydrogen (secondary N) is 2. The van der Waals surface area contributed by atoms with Gasteiger partial charge in [0.25, 0.3) is 0 Å². The molecule has 2 aromatic rings. The van der Waals surface area contributed by atoms with E-state index in [1.54, 1.807) is 6.20 Å². The van der Waals surface area contributed by atoms with Crippen molar-refractivity contribution in [1.82, 2.24) is 10.3 Å². The molecule has 0 amide bonds.